The van der Waals surface area contributed by atoms with E-state index in [9.17, 15) is 0 Å². The molecule has 0 radical (unpaired) electrons. The van der Waals surface area contributed by atoms with Crippen molar-refractivity contribution in [2.75, 3.05) is 5.73 Å². The first-order valence-corrected chi connectivity index (χ1v) is 7.33. The third-order valence-corrected chi connectivity index (χ3v) is 3.96. The second-order valence-corrected chi connectivity index (χ2v) is 6.80. The summed E-state index contributed by atoms with van der Waals surface area (Å²) in [4.78, 5) is 4.71. The Kier molecular flexibility index (Phi) is 2.89. The van der Waals surface area contributed by atoms with Gasteiger partial charge in [-0.3, -0.25) is 0 Å². The normalized spacial score (nSPS) is 15.6. The van der Waals surface area contributed by atoms with Crippen molar-refractivity contribution in [1.29, 1.82) is 0 Å². The van der Waals surface area contributed by atoms with Gasteiger partial charge in [0.2, 0.25) is 0 Å². The molecule has 0 amide bonds. The zero-order valence-corrected chi connectivity index (χ0v) is 12.8. The summed E-state index contributed by atoms with van der Waals surface area (Å²) in [7, 11) is 0. The summed E-state index contributed by atoms with van der Waals surface area (Å²) >= 11 is 0. The van der Waals surface area contributed by atoms with E-state index in [1.54, 1.807) is 0 Å². The summed E-state index contributed by atoms with van der Waals surface area (Å²) in [5.41, 5.74) is 9.79. The third kappa shape index (κ3) is 2.21. The lowest BCUT2D eigenvalue weighted by molar-refractivity contribution is 0.393. The van der Waals surface area contributed by atoms with Gasteiger partial charge >= 0.3 is 0 Å². The number of hydrogen-bond acceptors (Lipinski definition) is 2. The van der Waals surface area contributed by atoms with Crippen LogP contribution in [0.4, 0.5) is 5.82 Å². The van der Waals surface area contributed by atoms with E-state index in [0.29, 0.717) is 0 Å². The number of aromatic nitrogens is 2. The van der Waals surface area contributed by atoms with Crippen LogP contribution in [-0.2, 0) is 5.54 Å². The number of nitrogens with two attached hydrogens (primary N) is 1. The maximum absolute atomic E-state index is 6.36. The van der Waals surface area contributed by atoms with Crippen LogP contribution >= 0.6 is 0 Å². The van der Waals surface area contributed by atoms with Gasteiger partial charge in [0.25, 0.3) is 0 Å². The monoisotopic (exact) mass is 269 g/mol. The number of aryl methyl sites for hydroxylation is 1. The van der Waals surface area contributed by atoms with Gasteiger partial charge in [-0.15, -0.1) is 0 Å². The molecule has 0 unspecified atom stereocenters. The van der Waals surface area contributed by atoms with Gasteiger partial charge in [-0.1, -0.05) is 18.2 Å². The number of nitrogen functional groups attached to an aromatic ring is 1. The van der Waals surface area contributed by atoms with Crippen LogP contribution in [0.3, 0.4) is 0 Å². The van der Waals surface area contributed by atoms with Crippen molar-refractivity contribution < 1.29 is 0 Å². The molecule has 1 fully saturated rings. The molecule has 2 N–H and O–H groups in total. The Morgan fingerprint density at radius 2 is 1.95 bits per heavy atom. The van der Waals surface area contributed by atoms with Crippen molar-refractivity contribution in [3.63, 3.8) is 0 Å². The molecule has 0 atom stereocenters. The van der Waals surface area contributed by atoms with E-state index in [-0.39, 0.29) is 5.54 Å². The molecule has 106 valence electrons. The molecule has 0 aliphatic heterocycles. The maximum Gasteiger partial charge on any atom is 0.132 e. The second kappa shape index (κ2) is 4.37. The molecule has 1 aliphatic rings. The molecule has 0 bridgehead atoms. The summed E-state index contributed by atoms with van der Waals surface area (Å²) in [6.07, 6.45) is 2.63. The molecule has 1 aromatic heterocycles. The summed E-state index contributed by atoms with van der Waals surface area (Å²) in [6, 6.07) is 8.69. The van der Waals surface area contributed by atoms with Crippen LogP contribution in [0, 0.1) is 6.92 Å². The van der Waals surface area contributed by atoms with Crippen molar-refractivity contribution in [2.45, 2.75) is 52.0 Å². The minimum absolute atomic E-state index is 0.0481. The van der Waals surface area contributed by atoms with Gasteiger partial charge in [0, 0.05) is 11.1 Å². The quantitative estimate of drug-likeness (QED) is 0.893. The SMILES string of the molecule is Cc1nc(-c2cccc(C3CC3)c2)c(N)n1C(C)(C)C. The van der Waals surface area contributed by atoms with Crippen molar-refractivity contribution in [1.82, 2.24) is 9.55 Å². The van der Waals surface area contributed by atoms with Crippen molar-refractivity contribution in [2.24, 2.45) is 0 Å². The molecule has 3 heteroatoms. The molecular formula is C17H23N3. The van der Waals surface area contributed by atoms with E-state index in [1.165, 1.54) is 18.4 Å². The Balaban J connectivity index is 2.09. The largest absolute Gasteiger partial charge is 0.383 e. The van der Waals surface area contributed by atoms with Gasteiger partial charge in [0.15, 0.2) is 0 Å². The smallest absolute Gasteiger partial charge is 0.132 e. The van der Waals surface area contributed by atoms with Crippen LogP contribution in [0.15, 0.2) is 24.3 Å². The van der Waals surface area contributed by atoms with Gasteiger partial charge < -0.3 is 10.3 Å². The second-order valence-electron chi connectivity index (χ2n) is 6.80. The lowest BCUT2D eigenvalue weighted by Gasteiger charge is -2.24. The molecule has 1 saturated carbocycles. The van der Waals surface area contributed by atoms with E-state index >= 15 is 0 Å². The Bertz CT molecular complexity index is 643. The fourth-order valence-electron chi connectivity index (χ4n) is 2.97. The van der Waals surface area contributed by atoms with Gasteiger partial charge in [-0.2, -0.15) is 0 Å². The van der Waals surface area contributed by atoms with Gasteiger partial charge in [-0.25, -0.2) is 4.98 Å². The van der Waals surface area contributed by atoms with Crippen LogP contribution in [-0.4, -0.2) is 9.55 Å². The molecule has 1 heterocycles. The molecule has 0 saturated heterocycles. The van der Waals surface area contributed by atoms with Crippen LogP contribution in [0.25, 0.3) is 11.3 Å². The molecular weight excluding hydrogens is 246 g/mol. The highest BCUT2D eigenvalue weighted by molar-refractivity contribution is 5.72. The van der Waals surface area contributed by atoms with E-state index in [0.717, 1.165) is 28.8 Å². The summed E-state index contributed by atoms with van der Waals surface area (Å²) in [6.45, 7) is 8.49. The maximum atomic E-state index is 6.36. The van der Waals surface area contributed by atoms with E-state index in [2.05, 4.69) is 49.6 Å². The Labute approximate surface area is 120 Å². The Morgan fingerprint density at radius 1 is 1.25 bits per heavy atom. The number of benzene rings is 1. The van der Waals surface area contributed by atoms with E-state index in [1.807, 2.05) is 6.92 Å². The first-order chi connectivity index (χ1) is 9.38. The molecule has 0 spiro atoms. The standard InChI is InChI=1S/C17H23N3/c1-11-19-15(16(18)20(11)17(2,3)4)14-7-5-6-13(10-14)12-8-9-12/h5-7,10,12H,8-9,18H2,1-4H3. The lowest BCUT2D eigenvalue weighted by atomic mass is 10.0. The highest BCUT2D eigenvalue weighted by Crippen LogP contribution is 2.41. The third-order valence-electron chi connectivity index (χ3n) is 3.96. The number of rotatable bonds is 2. The molecule has 1 aliphatic carbocycles. The predicted octanol–water partition coefficient (Wildman–Crippen LogP) is 4.07. The van der Waals surface area contributed by atoms with E-state index < -0.39 is 0 Å². The Hall–Kier alpha value is -1.77. The number of nitrogens with zero attached hydrogens (tertiary/aromatic N) is 2. The Morgan fingerprint density at radius 3 is 2.50 bits per heavy atom. The van der Waals surface area contributed by atoms with Crippen LogP contribution in [0.2, 0.25) is 0 Å². The predicted molar refractivity (Wildman–Crippen MR) is 83.8 cm³/mol. The minimum Gasteiger partial charge on any atom is -0.383 e. The van der Waals surface area contributed by atoms with Gasteiger partial charge in [0.05, 0.1) is 0 Å². The molecule has 3 rings (SSSR count). The average Bonchev–Trinajstić information content (AvgIpc) is 3.14. The number of imidazole rings is 1. The summed E-state index contributed by atoms with van der Waals surface area (Å²) in [5.74, 6) is 2.49. The lowest BCUT2D eigenvalue weighted by Crippen LogP contribution is -2.24. The summed E-state index contributed by atoms with van der Waals surface area (Å²) in [5, 5.41) is 0. The van der Waals surface area contributed by atoms with Crippen molar-refractivity contribution in [3.05, 3.63) is 35.7 Å². The number of hydrogen-bond donors (Lipinski definition) is 1. The first-order valence-electron chi connectivity index (χ1n) is 7.33. The van der Waals surface area contributed by atoms with Crippen molar-refractivity contribution >= 4 is 5.82 Å². The topological polar surface area (TPSA) is 43.8 Å². The van der Waals surface area contributed by atoms with Crippen LogP contribution in [0.1, 0.15) is 50.9 Å². The zero-order valence-electron chi connectivity index (χ0n) is 12.8. The molecule has 3 nitrogen and oxygen atoms in total. The first kappa shape index (κ1) is 13.2. The summed E-state index contributed by atoms with van der Waals surface area (Å²) < 4.78 is 2.12. The molecule has 1 aromatic carbocycles. The van der Waals surface area contributed by atoms with Crippen LogP contribution < -0.4 is 5.73 Å². The van der Waals surface area contributed by atoms with Gasteiger partial charge in [-0.05, 0) is 58.1 Å². The van der Waals surface area contributed by atoms with Gasteiger partial charge in [0.1, 0.15) is 17.3 Å². The fraction of sp³-hybridized carbons (Fsp3) is 0.471. The highest BCUT2D eigenvalue weighted by Gasteiger charge is 2.25. The van der Waals surface area contributed by atoms with Crippen molar-refractivity contribution in [3.8, 4) is 11.3 Å². The molecule has 20 heavy (non-hydrogen) atoms. The minimum atomic E-state index is -0.0481. The van der Waals surface area contributed by atoms with Crippen LogP contribution in [0.5, 0.6) is 0 Å². The average molecular weight is 269 g/mol. The van der Waals surface area contributed by atoms with E-state index in [4.69, 9.17) is 10.7 Å². The zero-order chi connectivity index (χ0) is 14.5. The molecule has 2 aromatic rings. The highest BCUT2D eigenvalue weighted by atomic mass is 15.2. The number of anilines is 1. The fourth-order valence-corrected chi connectivity index (χ4v) is 2.97.